The number of hydrogen-bond acceptors (Lipinski definition) is 1. The fraction of sp³-hybridized carbons (Fsp3) is 1.00. The van der Waals surface area contributed by atoms with Gasteiger partial charge in [0.05, 0.1) is 0 Å². The van der Waals surface area contributed by atoms with Gasteiger partial charge in [-0.3, -0.25) is 0 Å². The fourth-order valence-electron chi connectivity index (χ4n) is 2.25. The Labute approximate surface area is 70.6 Å². The van der Waals surface area contributed by atoms with Gasteiger partial charge in [-0.25, -0.2) is 0 Å². The molecule has 0 aromatic rings. The quantitative estimate of drug-likeness (QED) is 0.645. The molecule has 66 valence electrons. The summed E-state index contributed by atoms with van der Waals surface area (Å²) in [5.74, 6) is 1.85. The zero-order valence-electron chi connectivity index (χ0n) is 8.28. The van der Waals surface area contributed by atoms with Crippen LogP contribution in [0.15, 0.2) is 0 Å². The fourth-order valence-corrected chi connectivity index (χ4v) is 2.25. The topological polar surface area (TPSA) is 12.0 Å². The minimum atomic E-state index is 0.502. The molecule has 1 heteroatoms. The Kier molecular flexibility index (Phi) is 2.58. The van der Waals surface area contributed by atoms with Gasteiger partial charge in [0.25, 0.3) is 0 Å². The lowest BCUT2D eigenvalue weighted by atomic mass is 9.70. The summed E-state index contributed by atoms with van der Waals surface area (Å²) < 4.78 is 0. The summed E-state index contributed by atoms with van der Waals surface area (Å²) >= 11 is 0. The van der Waals surface area contributed by atoms with Crippen molar-refractivity contribution >= 4 is 0 Å². The molecule has 1 saturated heterocycles. The van der Waals surface area contributed by atoms with E-state index in [0.717, 1.165) is 11.8 Å². The molecule has 1 aliphatic heterocycles. The molecule has 0 aromatic heterocycles. The predicted octanol–water partition coefficient (Wildman–Crippen LogP) is 2.28. The third kappa shape index (κ3) is 1.96. The summed E-state index contributed by atoms with van der Waals surface area (Å²) in [7, 11) is 0. The van der Waals surface area contributed by atoms with E-state index < -0.39 is 0 Å². The van der Waals surface area contributed by atoms with Crippen LogP contribution in [0.4, 0.5) is 0 Å². The standard InChI is InChI=1S/C10H21N/c1-5-9(10(2,3)4)8-6-11-7-8/h8-9,11H,5-7H2,1-4H3/t9-/m1/s1. The Bertz CT molecular complexity index is 119. The van der Waals surface area contributed by atoms with Gasteiger partial charge in [-0.2, -0.15) is 0 Å². The first-order valence-corrected chi connectivity index (χ1v) is 4.76. The Morgan fingerprint density at radius 2 is 1.91 bits per heavy atom. The summed E-state index contributed by atoms with van der Waals surface area (Å²) in [6.07, 6.45) is 1.33. The van der Waals surface area contributed by atoms with E-state index in [9.17, 15) is 0 Å². The van der Waals surface area contributed by atoms with Gasteiger partial charge in [0.2, 0.25) is 0 Å². The Hall–Kier alpha value is -0.0400. The van der Waals surface area contributed by atoms with Crippen molar-refractivity contribution in [2.45, 2.75) is 34.1 Å². The van der Waals surface area contributed by atoms with E-state index in [1.807, 2.05) is 0 Å². The minimum absolute atomic E-state index is 0.502. The Balaban J connectivity index is 2.48. The summed E-state index contributed by atoms with van der Waals surface area (Å²) in [5, 5.41) is 3.35. The summed E-state index contributed by atoms with van der Waals surface area (Å²) in [6.45, 7) is 11.9. The SMILES string of the molecule is CC[C@H](C1CNC1)C(C)(C)C. The molecule has 0 unspecified atom stereocenters. The lowest BCUT2D eigenvalue weighted by Gasteiger charge is -2.41. The second kappa shape index (κ2) is 3.14. The van der Waals surface area contributed by atoms with Gasteiger partial charge in [-0.05, 0) is 30.3 Å². The maximum atomic E-state index is 3.35. The molecular weight excluding hydrogens is 134 g/mol. The van der Waals surface area contributed by atoms with Gasteiger partial charge < -0.3 is 5.32 Å². The number of hydrogen-bond donors (Lipinski definition) is 1. The van der Waals surface area contributed by atoms with Crippen LogP contribution in [0, 0.1) is 17.3 Å². The predicted molar refractivity (Wildman–Crippen MR) is 49.6 cm³/mol. The zero-order chi connectivity index (χ0) is 8.48. The van der Waals surface area contributed by atoms with E-state index in [-0.39, 0.29) is 0 Å². The van der Waals surface area contributed by atoms with Gasteiger partial charge in [-0.15, -0.1) is 0 Å². The average molecular weight is 155 g/mol. The third-order valence-corrected chi connectivity index (χ3v) is 2.93. The first-order chi connectivity index (χ1) is 5.05. The van der Waals surface area contributed by atoms with Crippen molar-refractivity contribution in [3.05, 3.63) is 0 Å². The third-order valence-electron chi connectivity index (χ3n) is 2.93. The monoisotopic (exact) mass is 155 g/mol. The molecular formula is C10H21N. The molecule has 0 aromatic carbocycles. The molecule has 0 amide bonds. The molecule has 11 heavy (non-hydrogen) atoms. The maximum Gasteiger partial charge on any atom is -0.000539 e. The highest BCUT2D eigenvalue weighted by atomic mass is 15.0. The summed E-state index contributed by atoms with van der Waals surface area (Å²) in [5.41, 5.74) is 0.502. The second-order valence-corrected chi connectivity index (χ2v) is 4.80. The smallest absolute Gasteiger partial charge is 0.000539 e. The first-order valence-electron chi connectivity index (χ1n) is 4.76. The van der Waals surface area contributed by atoms with Crippen LogP contribution in [0.25, 0.3) is 0 Å². The molecule has 1 atom stereocenters. The molecule has 0 saturated carbocycles. The van der Waals surface area contributed by atoms with Gasteiger partial charge in [0.15, 0.2) is 0 Å². The highest BCUT2D eigenvalue weighted by Gasteiger charge is 2.33. The van der Waals surface area contributed by atoms with Crippen molar-refractivity contribution in [2.75, 3.05) is 13.1 Å². The van der Waals surface area contributed by atoms with Crippen LogP contribution < -0.4 is 5.32 Å². The molecule has 0 bridgehead atoms. The molecule has 0 aliphatic carbocycles. The minimum Gasteiger partial charge on any atom is -0.316 e. The van der Waals surface area contributed by atoms with Gasteiger partial charge in [0.1, 0.15) is 0 Å². The van der Waals surface area contributed by atoms with Crippen molar-refractivity contribution in [2.24, 2.45) is 17.3 Å². The Morgan fingerprint density at radius 1 is 1.36 bits per heavy atom. The lowest BCUT2D eigenvalue weighted by Crippen LogP contribution is -2.49. The number of nitrogens with one attached hydrogen (secondary N) is 1. The highest BCUT2D eigenvalue weighted by Crippen LogP contribution is 2.36. The largest absolute Gasteiger partial charge is 0.316 e. The molecule has 1 heterocycles. The van der Waals surface area contributed by atoms with Crippen LogP contribution in [0.3, 0.4) is 0 Å². The van der Waals surface area contributed by atoms with Crippen molar-refractivity contribution in [3.63, 3.8) is 0 Å². The van der Waals surface area contributed by atoms with Crippen molar-refractivity contribution < 1.29 is 0 Å². The van der Waals surface area contributed by atoms with E-state index in [2.05, 4.69) is 33.0 Å². The molecule has 1 nitrogen and oxygen atoms in total. The molecule has 1 fully saturated rings. The van der Waals surface area contributed by atoms with Crippen molar-refractivity contribution in [3.8, 4) is 0 Å². The van der Waals surface area contributed by atoms with E-state index >= 15 is 0 Å². The van der Waals surface area contributed by atoms with Crippen molar-refractivity contribution in [1.29, 1.82) is 0 Å². The van der Waals surface area contributed by atoms with E-state index in [1.165, 1.54) is 19.5 Å². The zero-order valence-corrected chi connectivity index (χ0v) is 8.28. The lowest BCUT2D eigenvalue weighted by molar-refractivity contribution is 0.110. The first kappa shape index (κ1) is 9.05. The normalized spacial score (nSPS) is 22.9. The van der Waals surface area contributed by atoms with Crippen molar-refractivity contribution in [1.82, 2.24) is 5.32 Å². The number of rotatable bonds is 2. The maximum absolute atomic E-state index is 3.35. The van der Waals surface area contributed by atoms with Gasteiger partial charge in [-0.1, -0.05) is 34.1 Å². The summed E-state index contributed by atoms with van der Waals surface area (Å²) in [6, 6.07) is 0. The average Bonchev–Trinajstić information content (AvgIpc) is 1.74. The second-order valence-electron chi connectivity index (χ2n) is 4.80. The van der Waals surface area contributed by atoms with E-state index in [1.54, 1.807) is 0 Å². The highest BCUT2D eigenvalue weighted by molar-refractivity contribution is 4.87. The molecule has 1 rings (SSSR count). The Morgan fingerprint density at radius 3 is 2.00 bits per heavy atom. The molecule has 0 radical (unpaired) electrons. The van der Waals surface area contributed by atoms with E-state index in [0.29, 0.717) is 5.41 Å². The molecule has 0 spiro atoms. The van der Waals surface area contributed by atoms with Crippen LogP contribution in [0.5, 0.6) is 0 Å². The van der Waals surface area contributed by atoms with Crippen LogP contribution in [0.2, 0.25) is 0 Å². The van der Waals surface area contributed by atoms with Crippen LogP contribution >= 0.6 is 0 Å². The van der Waals surface area contributed by atoms with Crippen LogP contribution in [0.1, 0.15) is 34.1 Å². The van der Waals surface area contributed by atoms with Gasteiger partial charge in [0, 0.05) is 0 Å². The van der Waals surface area contributed by atoms with Gasteiger partial charge >= 0.3 is 0 Å². The molecule has 1 aliphatic rings. The van der Waals surface area contributed by atoms with E-state index in [4.69, 9.17) is 0 Å². The van der Waals surface area contributed by atoms with Crippen LogP contribution in [-0.4, -0.2) is 13.1 Å². The molecule has 1 N–H and O–H groups in total. The summed E-state index contributed by atoms with van der Waals surface area (Å²) in [4.78, 5) is 0. The van der Waals surface area contributed by atoms with Crippen LogP contribution in [-0.2, 0) is 0 Å².